The highest BCUT2D eigenvalue weighted by molar-refractivity contribution is 5.76. The molecule has 2 aliphatic rings. The van der Waals surface area contributed by atoms with Crippen molar-refractivity contribution < 1.29 is 28.8 Å². The van der Waals surface area contributed by atoms with Crippen LogP contribution >= 0.6 is 0 Å². The Labute approximate surface area is 99.8 Å². The number of methoxy groups -OCH3 is 1. The molecule has 0 unspecified atom stereocenters. The summed E-state index contributed by atoms with van der Waals surface area (Å²) < 4.78 is 21.4. The summed E-state index contributed by atoms with van der Waals surface area (Å²) in [5.41, 5.74) is -1.10. The second kappa shape index (κ2) is 3.41. The van der Waals surface area contributed by atoms with E-state index in [0.29, 0.717) is 0 Å². The molecule has 0 aromatic heterocycles. The van der Waals surface area contributed by atoms with Gasteiger partial charge in [0.05, 0.1) is 7.11 Å². The Kier molecular flexibility index (Phi) is 2.56. The first-order chi connectivity index (χ1) is 7.65. The van der Waals surface area contributed by atoms with Crippen molar-refractivity contribution in [1.29, 1.82) is 0 Å². The van der Waals surface area contributed by atoms with E-state index < -0.39 is 35.4 Å². The second-order valence-electron chi connectivity index (χ2n) is 5.16. The summed E-state index contributed by atoms with van der Waals surface area (Å²) in [6.45, 7) is 6.76. The Morgan fingerprint density at radius 2 is 1.82 bits per heavy atom. The number of carbonyl (C=O) groups is 1. The molecule has 6 nitrogen and oxygen atoms in total. The summed E-state index contributed by atoms with van der Waals surface area (Å²) in [7, 11) is 1.24. The predicted octanol–water partition coefficient (Wildman–Crippen LogP) is 0.177. The van der Waals surface area contributed by atoms with Crippen LogP contribution in [0.1, 0.15) is 27.7 Å². The van der Waals surface area contributed by atoms with Crippen LogP contribution in [0.3, 0.4) is 0 Å². The van der Waals surface area contributed by atoms with Crippen LogP contribution in [-0.2, 0) is 23.7 Å². The maximum Gasteiger partial charge on any atom is 0.337 e. The highest BCUT2D eigenvalue weighted by Crippen LogP contribution is 2.52. The highest BCUT2D eigenvalue weighted by atomic mass is 16.9. The molecule has 0 aromatic carbocycles. The van der Waals surface area contributed by atoms with E-state index in [1.807, 2.05) is 0 Å². The van der Waals surface area contributed by atoms with Gasteiger partial charge >= 0.3 is 5.97 Å². The van der Waals surface area contributed by atoms with E-state index >= 15 is 0 Å². The summed E-state index contributed by atoms with van der Waals surface area (Å²) in [6.07, 6.45) is -2.23. The van der Waals surface area contributed by atoms with Crippen molar-refractivity contribution >= 4 is 5.97 Å². The van der Waals surface area contributed by atoms with Crippen molar-refractivity contribution in [2.45, 2.75) is 57.1 Å². The van der Waals surface area contributed by atoms with Crippen molar-refractivity contribution in [2.75, 3.05) is 7.11 Å². The van der Waals surface area contributed by atoms with E-state index in [-0.39, 0.29) is 0 Å². The molecular formula is C11H18O6. The molecule has 2 fully saturated rings. The van der Waals surface area contributed by atoms with Crippen molar-refractivity contribution in [2.24, 2.45) is 0 Å². The van der Waals surface area contributed by atoms with Crippen LogP contribution in [0.4, 0.5) is 0 Å². The summed E-state index contributed by atoms with van der Waals surface area (Å²) >= 11 is 0. The number of fused-ring (bicyclic) bond motifs is 1. The average Bonchev–Trinajstić information content (AvgIpc) is 2.49. The quantitative estimate of drug-likeness (QED) is 0.665. The molecule has 0 saturated carbocycles. The normalized spacial score (nSPS) is 47.9. The first-order valence-electron chi connectivity index (χ1n) is 5.49. The molecule has 98 valence electrons. The highest BCUT2D eigenvalue weighted by Gasteiger charge is 2.71. The number of hydrogen-bond acceptors (Lipinski definition) is 6. The van der Waals surface area contributed by atoms with Gasteiger partial charge in [-0.1, -0.05) is 0 Å². The number of aliphatic hydroxyl groups is 1. The van der Waals surface area contributed by atoms with Crippen LogP contribution in [0.5, 0.6) is 0 Å². The first kappa shape index (κ1) is 12.8. The summed E-state index contributed by atoms with van der Waals surface area (Å²) in [4.78, 5) is 11.5. The summed E-state index contributed by atoms with van der Waals surface area (Å²) in [6, 6.07) is 0. The van der Waals surface area contributed by atoms with Gasteiger partial charge < -0.3 is 24.1 Å². The zero-order chi connectivity index (χ0) is 13.1. The maximum absolute atomic E-state index is 11.5. The third-order valence-electron chi connectivity index (χ3n) is 3.44. The SMILES string of the molecule is COC(=O)[C@H]1O[C@]2(C)OC(C)(C)O[C@]2(C)[C@H]1O. The molecular weight excluding hydrogens is 228 g/mol. The number of hydrogen-bond donors (Lipinski definition) is 1. The standard InChI is InChI=1S/C11H18O6/c1-9(2)16-10(3)7(12)6(8(13)14-5)15-11(10,4)17-9/h6-7,12H,1-5H3/t6-,7-,10+,11+/m0/s1. The first-order valence-corrected chi connectivity index (χ1v) is 5.49. The van der Waals surface area contributed by atoms with E-state index in [2.05, 4.69) is 4.74 Å². The lowest BCUT2D eigenvalue weighted by atomic mass is 9.91. The van der Waals surface area contributed by atoms with Gasteiger partial charge in [0.2, 0.25) is 5.79 Å². The molecule has 1 N–H and O–H groups in total. The zero-order valence-electron chi connectivity index (χ0n) is 10.6. The molecule has 6 heteroatoms. The number of ether oxygens (including phenoxy) is 4. The smallest absolute Gasteiger partial charge is 0.337 e. The third kappa shape index (κ3) is 1.59. The third-order valence-corrected chi connectivity index (χ3v) is 3.44. The van der Waals surface area contributed by atoms with Gasteiger partial charge in [-0.2, -0.15) is 0 Å². The zero-order valence-corrected chi connectivity index (χ0v) is 10.6. The predicted molar refractivity (Wildman–Crippen MR) is 56.0 cm³/mol. The fraction of sp³-hybridized carbons (Fsp3) is 0.909. The van der Waals surface area contributed by atoms with E-state index in [4.69, 9.17) is 14.2 Å². The lowest BCUT2D eigenvalue weighted by molar-refractivity contribution is -0.256. The van der Waals surface area contributed by atoms with Gasteiger partial charge in [-0.3, -0.25) is 0 Å². The van der Waals surface area contributed by atoms with Crippen LogP contribution in [-0.4, -0.2) is 47.6 Å². The maximum atomic E-state index is 11.5. The van der Waals surface area contributed by atoms with Crippen molar-refractivity contribution in [3.05, 3.63) is 0 Å². The molecule has 4 atom stereocenters. The molecule has 2 heterocycles. The van der Waals surface area contributed by atoms with Crippen LogP contribution in [0.15, 0.2) is 0 Å². The van der Waals surface area contributed by atoms with Crippen LogP contribution < -0.4 is 0 Å². The minimum atomic E-state index is -1.17. The van der Waals surface area contributed by atoms with Gasteiger partial charge in [-0.25, -0.2) is 4.79 Å². The van der Waals surface area contributed by atoms with E-state index in [1.54, 1.807) is 27.7 Å². The second-order valence-corrected chi connectivity index (χ2v) is 5.16. The van der Waals surface area contributed by atoms with Crippen LogP contribution in [0.2, 0.25) is 0 Å². The minimum absolute atomic E-state index is 0.639. The monoisotopic (exact) mass is 246 g/mol. The Morgan fingerprint density at radius 3 is 2.29 bits per heavy atom. The van der Waals surface area contributed by atoms with Gasteiger partial charge in [0.1, 0.15) is 6.10 Å². The molecule has 2 rings (SSSR count). The van der Waals surface area contributed by atoms with Crippen LogP contribution in [0, 0.1) is 0 Å². The van der Waals surface area contributed by atoms with Crippen molar-refractivity contribution in [3.63, 3.8) is 0 Å². The van der Waals surface area contributed by atoms with E-state index in [9.17, 15) is 9.90 Å². The molecule has 0 bridgehead atoms. The number of esters is 1. The topological polar surface area (TPSA) is 74.2 Å². The van der Waals surface area contributed by atoms with Gasteiger partial charge in [-0.15, -0.1) is 0 Å². The lowest BCUT2D eigenvalue weighted by Gasteiger charge is -2.29. The number of rotatable bonds is 1. The summed E-state index contributed by atoms with van der Waals surface area (Å²) in [5.74, 6) is -2.68. The fourth-order valence-corrected chi connectivity index (χ4v) is 2.55. The van der Waals surface area contributed by atoms with Crippen molar-refractivity contribution in [1.82, 2.24) is 0 Å². The molecule has 0 aromatic rings. The van der Waals surface area contributed by atoms with Crippen molar-refractivity contribution in [3.8, 4) is 0 Å². The van der Waals surface area contributed by atoms with Gasteiger partial charge in [0, 0.05) is 0 Å². The Morgan fingerprint density at radius 1 is 1.24 bits per heavy atom. The Balaban J connectivity index is 2.32. The molecule has 17 heavy (non-hydrogen) atoms. The lowest BCUT2D eigenvalue weighted by Crippen LogP contribution is -2.50. The Hall–Kier alpha value is -0.690. The molecule has 2 saturated heterocycles. The molecule has 2 aliphatic heterocycles. The van der Waals surface area contributed by atoms with E-state index in [1.165, 1.54) is 7.11 Å². The molecule has 0 amide bonds. The van der Waals surface area contributed by atoms with Gasteiger partial charge in [0.25, 0.3) is 0 Å². The summed E-state index contributed by atoms with van der Waals surface area (Å²) in [5, 5.41) is 10.2. The Bertz CT molecular complexity index is 354. The number of aliphatic hydroxyl groups excluding tert-OH is 1. The fourth-order valence-electron chi connectivity index (χ4n) is 2.55. The molecule has 0 spiro atoms. The van der Waals surface area contributed by atoms with Gasteiger partial charge in [-0.05, 0) is 27.7 Å². The molecule has 0 aliphatic carbocycles. The average molecular weight is 246 g/mol. The number of carbonyl (C=O) groups excluding carboxylic acids is 1. The molecule has 0 radical (unpaired) electrons. The van der Waals surface area contributed by atoms with Crippen LogP contribution in [0.25, 0.3) is 0 Å². The largest absolute Gasteiger partial charge is 0.467 e. The minimum Gasteiger partial charge on any atom is -0.467 e. The van der Waals surface area contributed by atoms with Gasteiger partial charge in [0.15, 0.2) is 17.5 Å². The van der Waals surface area contributed by atoms with E-state index in [0.717, 1.165) is 0 Å².